The van der Waals surface area contributed by atoms with Crippen LogP contribution in [0.3, 0.4) is 0 Å². The molecule has 0 saturated heterocycles. The standard InChI is InChI=1S/C11H12O2/c1-7-2-4-8(5-3-7)9-6-10(9)11(12)13/h2-5,9-10H,6H2,1H3,(H,12,13)/t9-,10?/m0/s1. The maximum atomic E-state index is 10.6. The molecule has 0 bridgehead atoms. The Hall–Kier alpha value is -1.31. The molecule has 1 saturated carbocycles. The van der Waals surface area contributed by atoms with E-state index in [2.05, 4.69) is 0 Å². The van der Waals surface area contributed by atoms with E-state index in [0.29, 0.717) is 0 Å². The monoisotopic (exact) mass is 176 g/mol. The van der Waals surface area contributed by atoms with Crippen molar-refractivity contribution >= 4 is 5.97 Å². The summed E-state index contributed by atoms with van der Waals surface area (Å²) in [6, 6.07) is 8.13. The molecule has 0 aliphatic heterocycles. The van der Waals surface area contributed by atoms with Gasteiger partial charge in [0.25, 0.3) is 0 Å². The van der Waals surface area contributed by atoms with Crippen molar-refractivity contribution in [2.45, 2.75) is 19.3 Å². The molecule has 1 unspecified atom stereocenters. The molecule has 1 fully saturated rings. The van der Waals surface area contributed by atoms with Crippen LogP contribution in [0.1, 0.15) is 23.5 Å². The van der Waals surface area contributed by atoms with Crippen LogP contribution >= 0.6 is 0 Å². The van der Waals surface area contributed by atoms with Crippen molar-refractivity contribution in [2.75, 3.05) is 0 Å². The van der Waals surface area contributed by atoms with E-state index in [1.54, 1.807) is 0 Å². The van der Waals surface area contributed by atoms with E-state index < -0.39 is 5.97 Å². The Balaban J connectivity index is 2.12. The lowest BCUT2D eigenvalue weighted by Gasteiger charge is -1.98. The molecule has 2 atom stereocenters. The third-order valence-corrected chi connectivity index (χ3v) is 2.61. The van der Waals surface area contributed by atoms with Crippen LogP contribution in [-0.4, -0.2) is 11.1 Å². The van der Waals surface area contributed by atoms with E-state index in [4.69, 9.17) is 5.11 Å². The summed E-state index contributed by atoms with van der Waals surface area (Å²) >= 11 is 0. The number of aliphatic carboxylic acids is 1. The largest absolute Gasteiger partial charge is 0.481 e. The van der Waals surface area contributed by atoms with Gasteiger partial charge in [0, 0.05) is 0 Å². The molecule has 1 aromatic rings. The van der Waals surface area contributed by atoms with E-state index in [0.717, 1.165) is 12.0 Å². The van der Waals surface area contributed by atoms with Crippen LogP contribution in [0.15, 0.2) is 24.3 Å². The van der Waals surface area contributed by atoms with E-state index in [-0.39, 0.29) is 11.8 Å². The minimum atomic E-state index is -0.662. The van der Waals surface area contributed by atoms with Gasteiger partial charge in [-0.2, -0.15) is 0 Å². The number of aryl methyl sites for hydroxylation is 1. The summed E-state index contributed by atoms with van der Waals surface area (Å²) in [5.74, 6) is -0.536. The Bertz CT molecular complexity index is 326. The lowest BCUT2D eigenvalue weighted by atomic mass is 10.1. The van der Waals surface area contributed by atoms with Crippen LogP contribution in [0.25, 0.3) is 0 Å². The first-order chi connectivity index (χ1) is 6.18. The fourth-order valence-corrected chi connectivity index (χ4v) is 1.65. The quantitative estimate of drug-likeness (QED) is 0.749. The van der Waals surface area contributed by atoms with Crippen molar-refractivity contribution in [3.05, 3.63) is 35.4 Å². The molecule has 2 heteroatoms. The zero-order valence-electron chi connectivity index (χ0n) is 7.53. The highest BCUT2D eigenvalue weighted by molar-refractivity contribution is 5.75. The molecule has 0 amide bonds. The van der Waals surface area contributed by atoms with Crippen LogP contribution in [0.5, 0.6) is 0 Å². The normalized spacial score (nSPS) is 25.6. The molecule has 1 aliphatic carbocycles. The number of rotatable bonds is 2. The van der Waals surface area contributed by atoms with E-state index in [9.17, 15) is 4.79 Å². The Morgan fingerprint density at radius 3 is 2.46 bits per heavy atom. The second kappa shape index (κ2) is 2.87. The van der Waals surface area contributed by atoms with Crippen LogP contribution in [0.4, 0.5) is 0 Å². The SMILES string of the molecule is Cc1ccc([C@@H]2CC2C(=O)O)cc1. The van der Waals surface area contributed by atoms with Gasteiger partial charge in [-0.15, -0.1) is 0 Å². The van der Waals surface area contributed by atoms with E-state index in [1.807, 2.05) is 31.2 Å². The minimum absolute atomic E-state index is 0.136. The Morgan fingerprint density at radius 2 is 2.00 bits per heavy atom. The van der Waals surface area contributed by atoms with Gasteiger partial charge < -0.3 is 5.11 Å². The summed E-state index contributed by atoms with van der Waals surface area (Å²) in [4.78, 5) is 10.6. The molecule has 0 spiro atoms. The molecule has 68 valence electrons. The van der Waals surface area contributed by atoms with Crippen LogP contribution in [0.2, 0.25) is 0 Å². The number of hydrogen-bond donors (Lipinski definition) is 1. The van der Waals surface area contributed by atoms with Crippen molar-refractivity contribution in [1.29, 1.82) is 0 Å². The lowest BCUT2D eigenvalue weighted by Crippen LogP contribution is -1.98. The zero-order valence-corrected chi connectivity index (χ0v) is 7.53. The second-order valence-corrected chi connectivity index (χ2v) is 3.70. The van der Waals surface area contributed by atoms with Gasteiger partial charge in [-0.05, 0) is 24.8 Å². The van der Waals surface area contributed by atoms with Gasteiger partial charge in [0.1, 0.15) is 0 Å². The smallest absolute Gasteiger partial charge is 0.307 e. The highest BCUT2D eigenvalue weighted by Gasteiger charge is 2.43. The average molecular weight is 176 g/mol. The van der Waals surface area contributed by atoms with Crippen molar-refractivity contribution in [1.82, 2.24) is 0 Å². The van der Waals surface area contributed by atoms with Gasteiger partial charge in [-0.3, -0.25) is 4.79 Å². The summed E-state index contributed by atoms with van der Waals surface area (Å²) < 4.78 is 0. The molecular weight excluding hydrogens is 164 g/mol. The molecule has 0 aromatic heterocycles. The maximum Gasteiger partial charge on any atom is 0.307 e. The molecule has 1 aliphatic rings. The summed E-state index contributed by atoms with van der Waals surface area (Å²) in [6.45, 7) is 2.03. The topological polar surface area (TPSA) is 37.3 Å². The molecule has 2 rings (SSSR count). The van der Waals surface area contributed by atoms with Crippen molar-refractivity contribution in [3.63, 3.8) is 0 Å². The van der Waals surface area contributed by atoms with E-state index in [1.165, 1.54) is 5.56 Å². The predicted molar refractivity (Wildman–Crippen MR) is 49.7 cm³/mol. The third kappa shape index (κ3) is 1.57. The van der Waals surface area contributed by atoms with Crippen LogP contribution < -0.4 is 0 Å². The Morgan fingerprint density at radius 1 is 1.38 bits per heavy atom. The highest BCUT2D eigenvalue weighted by atomic mass is 16.4. The van der Waals surface area contributed by atoms with Gasteiger partial charge >= 0.3 is 5.97 Å². The van der Waals surface area contributed by atoms with Gasteiger partial charge in [0.05, 0.1) is 5.92 Å². The predicted octanol–water partition coefficient (Wildman–Crippen LogP) is 2.18. The summed E-state index contributed by atoms with van der Waals surface area (Å²) in [6.07, 6.45) is 0.804. The Kier molecular flexibility index (Phi) is 1.83. The minimum Gasteiger partial charge on any atom is -0.481 e. The molecule has 2 nitrogen and oxygen atoms in total. The van der Waals surface area contributed by atoms with Gasteiger partial charge in [-0.25, -0.2) is 0 Å². The Labute approximate surface area is 77.2 Å². The van der Waals surface area contributed by atoms with Crippen LogP contribution in [-0.2, 0) is 4.79 Å². The first kappa shape index (κ1) is 8.30. The molecule has 13 heavy (non-hydrogen) atoms. The first-order valence-corrected chi connectivity index (χ1v) is 4.48. The molecule has 1 N–H and O–H groups in total. The highest BCUT2D eigenvalue weighted by Crippen LogP contribution is 2.47. The maximum absolute atomic E-state index is 10.6. The van der Waals surface area contributed by atoms with Crippen molar-refractivity contribution < 1.29 is 9.90 Å². The first-order valence-electron chi connectivity index (χ1n) is 4.48. The molecule has 0 radical (unpaired) electrons. The number of hydrogen-bond acceptors (Lipinski definition) is 1. The fourth-order valence-electron chi connectivity index (χ4n) is 1.65. The third-order valence-electron chi connectivity index (χ3n) is 2.61. The van der Waals surface area contributed by atoms with Gasteiger partial charge in [0.2, 0.25) is 0 Å². The number of carboxylic acid groups (broad SMARTS) is 1. The van der Waals surface area contributed by atoms with Gasteiger partial charge in [-0.1, -0.05) is 29.8 Å². The molecule has 0 heterocycles. The zero-order chi connectivity index (χ0) is 9.42. The van der Waals surface area contributed by atoms with E-state index >= 15 is 0 Å². The summed E-state index contributed by atoms with van der Waals surface area (Å²) in [5.41, 5.74) is 2.38. The molecular formula is C11H12O2. The van der Waals surface area contributed by atoms with Crippen molar-refractivity contribution in [2.24, 2.45) is 5.92 Å². The number of carboxylic acids is 1. The van der Waals surface area contributed by atoms with Crippen LogP contribution in [0, 0.1) is 12.8 Å². The molecule has 1 aromatic carbocycles. The summed E-state index contributed by atoms with van der Waals surface area (Å²) in [7, 11) is 0. The lowest BCUT2D eigenvalue weighted by molar-refractivity contribution is -0.138. The van der Waals surface area contributed by atoms with Crippen molar-refractivity contribution in [3.8, 4) is 0 Å². The fraction of sp³-hybridized carbons (Fsp3) is 0.364. The second-order valence-electron chi connectivity index (χ2n) is 3.70. The summed E-state index contributed by atoms with van der Waals surface area (Å²) in [5, 5.41) is 8.74. The number of benzene rings is 1. The number of carbonyl (C=O) groups is 1. The average Bonchev–Trinajstić information content (AvgIpc) is 2.85. The van der Waals surface area contributed by atoms with Gasteiger partial charge in [0.15, 0.2) is 0 Å².